The van der Waals surface area contributed by atoms with Crippen molar-refractivity contribution in [2.24, 2.45) is 11.8 Å². The van der Waals surface area contributed by atoms with Gasteiger partial charge in [0.1, 0.15) is 35.5 Å². The second-order valence-electron chi connectivity index (χ2n) is 16.6. The molecule has 0 unspecified atom stereocenters. The molecule has 4 rings (SSSR count). The summed E-state index contributed by atoms with van der Waals surface area (Å²) in [5.74, 6) is 0.871. The molecule has 3 aliphatic heterocycles. The van der Waals surface area contributed by atoms with Crippen LogP contribution in [0.2, 0.25) is 0 Å². The summed E-state index contributed by atoms with van der Waals surface area (Å²) >= 11 is 1.56. The Hall–Kier alpha value is -2.84. The zero-order valence-electron chi connectivity index (χ0n) is 34.3. The fourth-order valence-electron chi connectivity index (χ4n) is 8.06. The number of aliphatic hydroxyl groups excluding tert-OH is 1. The van der Waals surface area contributed by atoms with Gasteiger partial charge in [-0.05, 0) is 83.5 Å². The summed E-state index contributed by atoms with van der Waals surface area (Å²) in [6.45, 7) is 9.54. The fraction of sp³-hybridized carbons (Fsp3) is 0.744. The molecule has 0 aromatic heterocycles. The van der Waals surface area contributed by atoms with Crippen LogP contribution in [0, 0.1) is 11.8 Å². The van der Waals surface area contributed by atoms with Gasteiger partial charge < -0.3 is 34.7 Å². The van der Waals surface area contributed by atoms with Gasteiger partial charge in [0, 0.05) is 51.1 Å². The van der Waals surface area contributed by atoms with Crippen LogP contribution in [-0.2, 0) is 42.9 Å². The molecule has 0 aromatic rings. The van der Waals surface area contributed by atoms with Crippen LogP contribution in [0.25, 0.3) is 0 Å². The SMILES string of the molecule is CSCC(=O)CCCCCCC(=O)NC1CC(CC(=O)C[C@@H]2C[C@@]3(CO3)[C@H](O)[C@@H](/C=C/C(C)=C/C[C@@H]3O[C@H](C)[C@H](NC(=O)/C=C\[C@H](C)OC(C)=O)C[C@@H]3C)O2)C1. The zero-order chi connectivity index (χ0) is 40.8. The van der Waals surface area contributed by atoms with Gasteiger partial charge in [-0.3, -0.25) is 24.0 Å². The van der Waals surface area contributed by atoms with E-state index in [0.29, 0.717) is 50.2 Å². The second-order valence-corrected chi connectivity index (χ2v) is 17.5. The number of Topliss-reactive ketones (excluding diaryl/α,β-unsaturated/α-hetero) is 2. The Bertz CT molecular complexity index is 1440. The van der Waals surface area contributed by atoms with Crippen molar-refractivity contribution in [3.8, 4) is 0 Å². The highest BCUT2D eigenvalue weighted by Crippen LogP contribution is 2.44. The lowest BCUT2D eigenvalue weighted by atomic mass is 9.76. The van der Waals surface area contributed by atoms with Gasteiger partial charge in [-0.1, -0.05) is 43.6 Å². The van der Waals surface area contributed by atoms with Crippen LogP contribution in [-0.4, -0.2) is 107 Å². The molecule has 0 radical (unpaired) electrons. The van der Waals surface area contributed by atoms with Gasteiger partial charge in [-0.15, -0.1) is 0 Å². The highest BCUT2D eigenvalue weighted by Gasteiger charge is 2.58. The van der Waals surface area contributed by atoms with Crippen molar-refractivity contribution in [3.05, 3.63) is 36.0 Å². The molecule has 0 bridgehead atoms. The van der Waals surface area contributed by atoms with Crippen molar-refractivity contribution in [2.75, 3.05) is 18.6 Å². The number of carbonyl (C=O) groups excluding carboxylic acids is 5. The number of esters is 1. The molecule has 2 amide bonds. The highest BCUT2D eigenvalue weighted by atomic mass is 32.2. The molecule has 1 aliphatic carbocycles. The molecular weight excluding hydrogens is 737 g/mol. The lowest BCUT2D eigenvalue weighted by molar-refractivity contribution is -0.145. The van der Waals surface area contributed by atoms with Crippen molar-refractivity contribution in [3.63, 3.8) is 0 Å². The zero-order valence-corrected chi connectivity index (χ0v) is 35.1. The van der Waals surface area contributed by atoms with Gasteiger partial charge in [-0.2, -0.15) is 11.8 Å². The van der Waals surface area contributed by atoms with Crippen molar-refractivity contribution in [1.82, 2.24) is 10.6 Å². The maximum atomic E-state index is 13.1. The van der Waals surface area contributed by atoms with Crippen molar-refractivity contribution >= 4 is 41.1 Å². The first-order valence-corrected chi connectivity index (χ1v) is 22.0. The van der Waals surface area contributed by atoms with Crippen molar-refractivity contribution < 1.29 is 48.0 Å². The maximum absolute atomic E-state index is 13.1. The van der Waals surface area contributed by atoms with Crippen LogP contribution >= 0.6 is 11.8 Å². The molecule has 12 nitrogen and oxygen atoms in total. The molecule has 1 saturated carbocycles. The van der Waals surface area contributed by atoms with Crippen LogP contribution in [0.5, 0.6) is 0 Å². The average Bonchev–Trinajstić information content (AvgIpc) is 3.89. The van der Waals surface area contributed by atoms with E-state index in [1.165, 1.54) is 13.0 Å². The van der Waals surface area contributed by atoms with Crippen LogP contribution in [0.15, 0.2) is 36.0 Å². The predicted molar refractivity (Wildman–Crippen MR) is 216 cm³/mol. The number of rotatable bonds is 22. The number of hydrogen-bond donors (Lipinski definition) is 3. The number of unbranched alkanes of at least 4 members (excludes halogenated alkanes) is 3. The number of thioether (sulfide) groups is 1. The number of aliphatic hydroxyl groups is 1. The first-order valence-electron chi connectivity index (χ1n) is 20.6. The normalized spacial score (nSPS) is 32.2. The fourth-order valence-corrected chi connectivity index (χ4v) is 8.53. The number of epoxide rings is 1. The molecule has 4 fully saturated rings. The number of hydrogen-bond acceptors (Lipinski definition) is 11. The summed E-state index contributed by atoms with van der Waals surface area (Å²) in [7, 11) is 0. The summed E-state index contributed by atoms with van der Waals surface area (Å²) in [6, 6.07) is -0.0166. The monoisotopic (exact) mass is 802 g/mol. The van der Waals surface area contributed by atoms with Gasteiger partial charge in [0.15, 0.2) is 0 Å². The Labute approximate surface area is 337 Å². The molecule has 9 atom stereocenters. The van der Waals surface area contributed by atoms with E-state index in [4.69, 9.17) is 18.9 Å². The lowest BCUT2D eigenvalue weighted by Crippen LogP contribution is -2.50. The van der Waals surface area contributed by atoms with E-state index >= 15 is 0 Å². The third-order valence-corrected chi connectivity index (χ3v) is 12.0. The Morgan fingerprint density at radius 1 is 0.946 bits per heavy atom. The van der Waals surface area contributed by atoms with E-state index in [2.05, 4.69) is 23.6 Å². The number of allylic oxidation sites excluding steroid dienone is 2. The molecule has 314 valence electrons. The second kappa shape index (κ2) is 22.3. The van der Waals surface area contributed by atoms with Crippen molar-refractivity contribution in [1.29, 1.82) is 0 Å². The van der Waals surface area contributed by atoms with Gasteiger partial charge in [0.05, 0.1) is 36.7 Å². The minimum absolute atomic E-state index is 0.0209. The van der Waals surface area contributed by atoms with Crippen molar-refractivity contribution in [2.45, 2.75) is 172 Å². The number of carbonyl (C=O) groups is 5. The van der Waals surface area contributed by atoms with Gasteiger partial charge >= 0.3 is 5.97 Å². The molecule has 13 heteroatoms. The number of nitrogens with one attached hydrogen (secondary N) is 2. The molecule has 4 aliphatic rings. The first kappa shape index (κ1) is 45.9. The number of amides is 2. The Morgan fingerprint density at radius 3 is 2.34 bits per heavy atom. The average molecular weight is 803 g/mol. The summed E-state index contributed by atoms with van der Waals surface area (Å²) in [6.07, 6.45) is 17.4. The highest BCUT2D eigenvalue weighted by molar-refractivity contribution is 7.99. The van der Waals surface area contributed by atoms with E-state index in [1.807, 2.05) is 32.3 Å². The summed E-state index contributed by atoms with van der Waals surface area (Å²) < 4.78 is 23.4. The first-order chi connectivity index (χ1) is 26.7. The predicted octanol–water partition coefficient (Wildman–Crippen LogP) is 5.49. The lowest BCUT2D eigenvalue weighted by Gasteiger charge is -2.39. The van der Waals surface area contributed by atoms with Gasteiger partial charge in [0.2, 0.25) is 11.8 Å². The Kier molecular flexibility index (Phi) is 18.3. The molecule has 3 N–H and O–H groups in total. The minimum Gasteiger partial charge on any atom is -0.459 e. The standard InChI is InChI=1S/C43H66N2O10S/c1-27(13-16-38-28(2)19-37(30(4)54-38)45-41(50)18-15-29(3)53-31(5)46)14-17-39-42(51)43(26-52-43)24-36(55-39)23-35(48)22-32-20-33(21-32)44-40(49)12-10-8-7-9-11-34(47)25-56-6/h13-15,17-18,28-30,32-33,36-39,42,51H,7-12,16,19-26H2,1-6H3,(H,44,49)(H,45,50)/b17-14+,18-15-,27-13+/t28-,29-,30+,32?,33?,36+,37+,38-,39+,42+,43+/m0/s1. The molecule has 3 heterocycles. The topological polar surface area (TPSA) is 170 Å². The summed E-state index contributed by atoms with van der Waals surface area (Å²) in [5.41, 5.74) is 0.328. The minimum atomic E-state index is -0.822. The Morgan fingerprint density at radius 2 is 1.66 bits per heavy atom. The van der Waals surface area contributed by atoms with E-state index in [0.717, 1.165) is 50.5 Å². The molecule has 0 aromatic carbocycles. The van der Waals surface area contributed by atoms with E-state index in [9.17, 15) is 29.1 Å². The Balaban J connectivity index is 1.14. The molecular formula is C43H66N2O10S. The van der Waals surface area contributed by atoms with Crippen LogP contribution in [0.3, 0.4) is 0 Å². The molecule has 3 saturated heterocycles. The van der Waals surface area contributed by atoms with E-state index in [-0.39, 0.29) is 66.2 Å². The number of ketones is 2. The van der Waals surface area contributed by atoms with E-state index < -0.39 is 29.9 Å². The van der Waals surface area contributed by atoms with Crippen LogP contribution < -0.4 is 10.6 Å². The van der Waals surface area contributed by atoms with E-state index in [1.54, 1.807) is 24.8 Å². The van der Waals surface area contributed by atoms with Gasteiger partial charge in [-0.25, -0.2) is 0 Å². The largest absolute Gasteiger partial charge is 0.459 e. The third-order valence-electron chi connectivity index (χ3n) is 11.4. The summed E-state index contributed by atoms with van der Waals surface area (Å²) in [5, 5.41) is 17.2. The number of ether oxygens (including phenoxy) is 4. The maximum Gasteiger partial charge on any atom is 0.303 e. The van der Waals surface area contributed by atoms with Crippen LogP contribution in [0.1, 0.15) is 118 Å². The molecule has 1 spiro atoms. The summed E-state index contributed by atoms with van der Waals surface area (Å²) in [4.78, 5) is 60.7. The third kappa shape index (κ3) is 15.2. The quantitative estimate of drug-likeness (QED) is 0.0416. The van der Waals surface area contributed by atoms with Crippen LogP contribution in [0.4, 0.5) is 0 Å². The molecule has 56 heavy (non-hydrogen) atoms. The smallest absolute Gasteiger partial charge is 0.303 e. The van der Waals surface area contributed by atoms with Gasteiger partial charge in [0.25, 0.3) is 0 Å².